The molecule has 0 fully saturated rings. The largest absolute Gasteiger partial charge is 0.324 e. The molecule has 0 spiro atoms. The summed E-state index contributed by atoms with van der Waals surface area (Å²) < 4.78 is 27.2. The van der Waals surface area contributed by atoms with Crippen molar-refractivity contribution >= 4 is 34.5 Å². The molecule has 7 heteroatoms. The smallest absolute Gasteiger partial charge is 0.224 e. The Hall–Kier alpha value is -2.28. The number of carbonyl (C=O) groups is 2. The third-order valence-corrected chi connectivity index (χ3v) is 3.76. The van der Waals surface area contributed by atoms with Crippen LogP contribution >= 0.6 is 11.3 Å². The minimum absolute atomic E-state index is 0.165. The van der Waals surface area contributed by atoms with Crippen molar-refractivity contribution in [1.82, 2.24) is 0 Å². The van der Waals surface area contributed by atoms with E-state index in [4.69, 9.17) is 0 Å². The number of anilines is 2. The molecule has 4 nitrogen and oxygen atoms in total. The normalized spacial score (nSPS) is 10.3. The van der Waals surface area contributed by atoms with Crippen molar-refractivity contribution in [3.05, 3.63) is 46.2 Å². The highest BCUT2D eigenvalue weighted by atomic mass is 32.1. The quantitative estimate of drug-likeness (QED) is 0.883. The van der Waals surface area contributed by atoms with Crippen molar-refractivity contribution in [2.75, 3.05) is 10.6 Å². The number of hydrogen-bond acceptors (Lipinski definition) is 3. The zero-order chi connectivity index (χ0) is 16.1. The third kappa shape index (κ3) is 4.36. The van der Waals surface area contributed by atoms with Crippen molar-refractivity contribution in [2.45, 2.75) is 19.8 Å². The Morgan fingerprint density at radius 2 is 1.82 bits per heavy atom. The molecule has 2 N–H and O–H groups in total. The van der Waals surface area contributed by atoms with Crippen molar-refractivity contribution in [1.29, 1.82) is 0 Å². The lowest BCUT2D eigenvalue weighted by Crippen LogP contribution is -2.15. The van der Waals surface area contributed by atoms with Gasteiger partial charge >= 0.3 is 0 Å². The number of aryl methyl sites for hydroxylation is 1. The Balaban J connectivity index is 2.04. The maximum atomic E-state index is 13.7. The monoisotopic (exact) mass is 324 g/mol. The summed E-state index contributed by atoms with van der Waals surface area (Å²) in [4.78, 5) is 23.8. The fourth-order valence-electron chi connectivity index (χ4n) is 1.83. The summed E-state index contributed by atoms with van der Waals surface area (Å²) in [6, 6.07) is 5.48. The summed E-state index contributed by atoms with van der Waals surface area (Å²) in [5, 5.41) is 6.53. The van der Waals surface area contributed by atoms with Gasteiger partial charge in [0.2, 0.25) is 11.8 Å². The molecule has 0 atom stereocenters. The summed E-state index contributed by atoms with van der Waals surface area (Å²) >= 11 is 1.53. The maximum absolute atomic E-state index is 13.7. The van der Waals surface area contributed by atoms with Crippen LogP contribution in [0.1, 0.15) is 18.2 Å². The number of hydrogen-bond donors (Lipinski definition) is 2. The predicted octanol–water partition coefficient (Wildman–Crippen LogP) is 3.56. The van der Waals surface area contributed by atoms with Gasteiger partial charge in [-0.15, -0.1) is 11.3 Å². The van der Waals surface area contributed by atoms with E-state index in [1.807, 2.05) is 17.5 Å². The van der Waals surface area contributed by atoms with Crippen molar-refractivity contribution in [2.24, 2.45) is 0 Å². The molecule has 2 amide bonds. The molecular weight excluding hydrogens is 310 g/mol. The van der Waals surface area contributed by atoms with Crippen LogP contribution in [-0.4, -0.2) is 11.8 Å². The van der Waals surface area contributed by atoms with E-state index in [1.54, 1.807) is 0 Å². The van der Waals surface area contributed by atoms with E-state index >= 15 is 0 Å². The number of thiophene rings is 1. The Kier molecular flexibility index (Phi) is 5.21. The number of benzene rings is 1. The number of nitrogens with one attached hydrogen (secondary N) is 2. The minimum atomic E-state index is -0.899. The van der Waals surface area contributed by atoms with E-state index in [-0.39, 0.29) is 23.7 Å². The van der Waals surface area contributed by atoms with Gasteiger partial charge in [0.15, 0.2) is 0 Å². The van der Waals surface area contributed by atoms with Gasteiger partial charge in [0.1, 0.15) is 11.6 Å². The molecule has 0 aliphatic carbocycles. The molecule has 22 heavy (non-hydrogen) atoms. The molecule has 0 bridgehead atoms. The molecule has 2 rings (SSSR count). The molecule has 0 radical (unpaired) electrons. The highest BCUT2D eigenvalue weighted by molar-refractivity contribution is 7.09. The van der Waals surface area contributed by atoms with Crippen LogP contribution in [0, 0.1) is 11.6 Å². The highest BCUT2D eigenvalue weighted by Gasteiger charge is 2.13. The second-order valence-electron chi connectivity index (χ2n) is 4.62. The fraction of sp³-hybridized carbons (Fsp3) is 0.200. The molecule has 0 saturated carbocycles. The lowest BCUT2D eigenvalue weighted by atomic mass is 10.2. The Morgan fingerprint density at radius 3 is 2.41 bits per heavy atom. The van der Waals surface area contributed by atoms with Crippen LogP contribution < -0.4 is 10.6 Å². The van der Waals surface area contributed by atoms with Gasteiger partial charge in [-0.3, -0.25) is 9.59 Å². The van der Waals surface area contributed by atoms with Gasteiger partial charge in [-0.05, 0) is 23.9 Å². The van der Waals surface area contributed by atoms with Crippen LogP contribution in [0.2, 0.25) is 0 Å². The summed E-state index contributed by atoms with van der Waals surface area (Å²) in [5.41, 5.74) is -0.344. The average Bonchev–Trinajstić information content (AvgIpc) is 2.94. The topological polar surface area (TPSA) is 58.2 Å². The van der Waals surface area contributed by atoms with Crippen LogP contribution in [0.3, 0.4) is 0 Å². The van der Waals surface area contributed by atoms with E-state index in [2.05, 4.69) is 10.6 Å². The first-order valence-corrected chi connectivity index (χ1v) is 7.42. The standard InChI is InChI=1S/C15H14F2N2O2S/c1-9(20)18-13-8-14(12(17)7-11(13)16)19-15(21)5-4-10-3-2-6-22-10/h2-3,6-8H,4-5H2,1H3,(H,18,20)(H,19,21). The Labute approximate surface area is 130 Å². The average molecular weight is 324 g/mol. The number of amides is 2. The van der Waals surface area contributed by atoms with E-state index in [0.29, 0.717) is 12.5 Å². The summed E-state index contributed by atoms with van der Waals surface area (Å²) in [7, 11) is 0. The minimum Gasteiger partial charge on any atom is -0.324 e. The van der Waals surface area contributed by atoms with Gasteiger partial charge in [0, 0.05) is 24.3 Å². The summed E-state index contributed by atoms with van der Waals surface area (Å²) in [6.45, 7) is 1.21. The second-order valence-corrected chi connectivity index (χ2v) is 5.65. The SMILES string of the molecule is CC(=O)Nc1cc(NC(=O)CCc2cccs2)c(F)cc1F. The van der Waals surface area contributed by atoms with Crippen LogP contribution in [0.15, 0.2) is 29.6 Å². The Morgan fingerprint density at radius 1 is 1.14 bits per heavy atom. The first kappa shape index (κ1) is 16.1. The van der Waals surface area contributed by atoms with Crippen molar-refractivity contribution in [3.63, 3.8) is 0 Å². The van der Waals surface area contributed by atoms with Gasteiger partial charge in [0.05, 0.1) is 11.4 Å². The summed E-state index contributed by atoms with van der Waals surface area (Å²) in [6.07, 6.45) is 0.734. The second kappa shape index (κ2) is 7.13. The number of carbonyl (C=O) groups excluding carboxylic acids is 2. The molecule has 1 aromatic carbocycles. The zero-order valence-electron chi connectivity index (χ0n) is 11.8. The molecule has 1 heterocycles. The maximum Gasteiger partial charge on any atom is 0.224 e. The van der Waals surface area contributed by atoms with E-state index in [0.717, 1.165) is 10.9 Å². The first-order valence-electron chi connectivity index (χ1n) is 6.54. The van der Waals surface area contributed by atoms with Crippen LogP contribution in [0.25, 0.3) is 0 Å². The van der Waals surface area contributed by atoms with Crippen LogP contribution in [0.5, 0.6) is 0 Å². The van der Waals surface area contributed by atoms with Gasteiger partial charge in [-0.1, -0.05) is 6.07 Å². The number of halogens is 2. The number of rotatable bonds is 5. The van der Waals surface area contributed by atoms with Gasteiger partial charge in [0.25, 0.3) is 0 Å². The van der Waals surface area contributed by atoms with Crippen LogP contribution in [-0.2, 0) is 16.0 Å². The van der Waals surface area contributed by atoms with Crippen molar-refractivity contribution < 1.29 is 18.4 Å². The third-order valence-electron chi connectivity index (χ3n) is 2.82. The molecular formula is C15H14F2N2O2S. The molecule has 0 unspecified atom stereocenters. The molecule has 1 aromatic heterocycles. The predicted molar refractivity (Wildman–Crippen MR) is 81.9 cm³/mol. The van der Waals surface area contributed by atoms with E-state index < -0.39 is 17.5 Å². The molecule has 116 valence electrons. The molecule has 0 aliphatic rings. The van der Waals surface area contributed by atoms with Crippen molar-refractivity contribution in [3.8, 4) is 0 Å². The first-order chi connectivity index (χ1) is 10.5. The van der Waals surface area contributed by atoms with Gasteiger partial charge in [-0.25, -0.2) is 8.78 Å². The lowest BCUT2D eigenvalue weighted by molar-refractivity contribution is -0.116. The molecule has 0 aliphatic heterocycles. The van der Waals surface area contributed by atoms with Gasteiger partial charge < -0.3 is 10.6 Å². The molecule has 0 saturated heterocycles. The fourth-order valence-corrected chi connectivity index (χ4v) is 2.54. The zero-order valence-corrected chi connectivity index (χ0v) is 12.6. The van der Waals surface area contributed by atoms with E-state index in [1.165, 1.54) is 18.3 Å². The van der Waals surface area contributed by atoms with E-state index in [9.17, 15) is 18.4 Å². The lowest BCUT2D eigenvalue weighted by Gasteiger charge is -2.10. The Bertz CT molecular complexity index is 687. The molecule has 2 aromatic rings. The van der Waals surface area contributed by atoms with Crippen LogP contribution in [0.4, 0.5) is 20.2 Å². The van der Waals surface area contributed by atoms with Gasteiger partial charge in [-0.2, -0.15) is 0 Å². The highest BCUT2D eigenvalue weighted by Crippen LogP contribution is 2.24. The summed E-state index contributed by atoms with van der Waals surface area (Å²) in [5.74, 6) is -2.66.